The van der Waals surface area contributed by atoms with E-state index in [1.165, 1.54) is 38.5 Å². The number of carbonyl (C=O) groups excluding carboxylic acids is 1. The van der Waals surface area contributed by atoms with Crippen LogP contribution in [-0.2, 0) is 7.61 Å². The van der Waals surface area contributed by atoms with Crippen LogP contribution in [0.4, 0.5) is 0 Å². The van der Waals surface area contributed by atoms with Crippen LogP contribution in [0.5, 0.6) is 0 Å². The molecule has 13 heavy (non-hydrogen) atoms. The zero-order valence-electron chi connectivity index (χ0n) is 8.55. The first-order chi connectivity index (χ1) is 6.31. The number of carbonyl (C=O) groups is 1. The molecule has 0 rings (SSSR count). The average molecular weight is 382 g/mol. The second kappa shape index (κ2) is 10.4. The normalized spacial score (nSPS) is 10.0. The first-order valence-electron chi connectivity index (χ1n) is 5.20. The molecule has 0 saturated heterocycles. The van der Waals surface area contributed by atoms with Gasteiger partial charge in [0, 0.05) is 0 Å². The van der Waals surface area contributed by atoms with Gasteiger partial charge in [0.05, 0.1) is 0 Å². The molecule has 0 fully saturated rings. The van der Waals surface area contributed by atoms with Gasteiger partial charge < -0.3 is 0 Å². The van der Waals surface area contributed by atoms with Gasteiger partial charge >= 0.3 is 97.0 Å². The molecule has 0 aliphatic rings. The molecule has 0 bridgehead atoms. The van der Waals surface area contributed by atoms with Crippen LogP contribution in [-0.4, -0.2) is 31.1 Å². The van der Waals surface area contributed by atoms with Crippen LogP contribution in [0.2, 0.25) is 0 Å². The maximum atomic E-state index is 10.8. The monoisotopic (exact) mass is 382 g/mol. The molecule has 0 aliphatic heterocycles. The fraction of sp³-hybridized carbons (Fsp3) is 0.900. The van der Waals surface area contributed by atoms with Gasteiger partial charge in [0.15, 0.2) is 0 Å². The fourth-order valence-electron chi connectivity index (χ4n) is 1.29. The summed E-state index contributed by atoms with van der Waals surface area (Å²) >= 11 is 0.363. The molecule has 3 heteroatoms. The number of rotatable bonds is 8. The van der Waals surface area contributed by atoms with Gasteiger partial charge in [0.1, 0.15) is 0 Å². The van der Waals surface area contributed by atoms with Gasteiger partial charge in [-0.1, -0.05) is 0 Å². The Morgan fingerprint density at radius 3 is 2.15 bits per heavy atom. The van der Waals surface area contributed by atoms with Crippen LogP contribution >= 0.6 is 0 Å². The van der Waals surface area contributed by atoms with Crippen LogP contribution in [0.25, 0.3) is 0 Å². The molecule has 0 atom stereocenters. The van der Waals surface area contributed by atoms with Crippen molar-refractivity contribution in [3.63, 3.8) is 0 Å². The first-order valence-corrected chi connectivity index (χ1v) is 7.04. The van der Waals surface area contributed by atoms with Crippen molar-refractivity contribution in [1.29, 1.82) is 0 Å². The summed E-state index contributed by atoms with van der Waals surface area (Å²) in [5.41, 5.74) is 0. The first kappa shape index (κ1) is 13.4. The molecule has 0 N–H and O–H groups in total. The quantitative estimate of drug-likeness (QED) is 0.476. The van der Waals surface area contributed by atoms with Gasteiger partial charge in [-0.2, -0.15) is 0 Å². The van der Waals surface area contributed by atoms with Crippen LogP contribution < -0.4 is 0 Å². The average Bonchev–Trinajstić information content (AvgIpc) is 2.16. The Hall–Kier alpha value is 0.353. The molecule has 0 radical (unpaired) electrons. The van der Waals surface area contributed by atoms with E-state index >= 15 is 0 Å². The Bertz CT molecular complexity index is 126. The summed E-state index contributed by atoms with van der Waals surface area (Å²) in [7, 11) is 0. The van der Waals surface area contributed by atoms with Gasteiger partial charge in [-0.3, -0.25) is 0 Å². The van der Waals surface area contributed by atoms with E-state index < -0.39 is 0 Å². The zero-order valence-corrected chi connectivity index (χ0v) is 13.0. The Morgan fingerprint density at radius 2 is 1.62 bits per heavy atom. The van der Waals surface area contributed by atoms with Crippen LogP contribution in [0, 0.1) is 0 Å². The van der Waals surface area contributed by atoms with Crippen molar-refractivity contribution in [3.05, 3.63) is 0 Å². The van der Waals surface area contributed by atoms with E-state index in [1.54, 1.807) is 0 Å². The minimum absolute atomic E-state index is 0.00134. The van der Waals surface area contributed by atoms with Gasteiger partial charge in [0.25, 0.3) is 0 Å². The molecular formula is C10H21BiO2. The molecule has 0 aromatic heterocycles. The van der Waals surface area contributed by atoms with Crippen molar-refractivity contribution in [2.75, 3.05) is 0 Å². The minimum atomic E-state index is -0.00134. The van der Waals surface area contributed by atoms with Crippen LogP contribution in [0.15, 0.2) is 0 Å². The maximum absolute atomic E-state index is 10.8. The number of hydrogen-bond donors (Lipinski definition) is 0. The van der Waals surface area contributed by atoms with Gasteiger partial charge in [-0.05, 0) is 0 Å². The molecule has 0 saturated carbocycles. The van der Waals surface area contributed by atoms with Crippen molar-refractivity contribution in [2.45, 2.75) is 58.3 Å². The number of unbranched alkanes of at least 4 members (excludes halogenated alkanes) is 6. The third-order valence-electron chi connectivity index (χ3n) is 2.12. The van der Waals surface area contributed by atoms with E-state index in [9.17, 15) is 4.79 Å². The zero-order chi connectivity index (χ0) is 9.94. The molecule has 78 valence electrons. The van der Waals surface area contributed by atoms with Crippen molar-refractivity contribution in [3.8, 4) is 0 Å². The molecule has 0 unspecified atom stereocenters. The fourth-order valence-corrected chi connectivity index (χ4v) is 1.74. The summed E-state index contributed by atoms with van der Waals surface area (Å²) in [5.74, 6) is -0.00134. The molecule has 2 nitrogen and oxygen atoms in total. The summed E-state index contributed by atoms with van der Waals surface area (Å²) in [6.07, 6.45) is 9.42. The van der Waals surface area contributed by atoms with Crippen molar-refractivity contribution >= 4 is 31.1 Å². The van der Waals surface area contributed by atoms with Gasteiger partial charge in [-0.15, -0.1) is 0 Å². The third kappa shape index (κ3) is 10.3. The Balaban J connectivity index is 2.95. The van der Waals surface area contributed by atoms with Crippen molar-refractivity contribution < 1.29 is 7.61 Å². The molecular weight excluding hydrogens is 361 g/mol. The predicted molar refractivity (Wildman–Crippen MR) is 57.2 cm³/mol. The van der Waals surface area contributed by atoms with Gasteiger partial charge in [0.2, 0.25) is 0 Å². The summed E-state index contributed by atoms with van der Waals surface area (Å²) in [6, 6.07) is 0. The van der Waals surface area contributed by atoms with Crippen LogP contribution in [0.3, 0.4) is 0 Å². The Morgan fingerprint density at radius 1 is 1.08 bits per heavy atom. The van der Waals surface area contributed by atoms with E-state index in [0.29, 0.717) is 31.6 Å². The van der Waals surface area contributed by atoms with Crippen molar-refractivity contribution in [2.24, 2.45) is 0 Å². The summed E-state index contributed by atoms with van der Waals surface area (Å²) in [5, 5.41) is 0. The molecule has 0 aromatic rings. The van der Waals surface area contributed by atoms with Crippen molar-refractivity contribution in [1.82, 2.24) is 0 Å². The topological polar surface area (TPSA) is 26.3 Å². The summed E-state index contributed by atoms with van der Waals surface area (Å²) < 4.78 is 4.72. The summed E-state index contributed by atoms with van der Waals surface area (Å²) in [4.78, 5) is 10.8. The Labute approximate surface area is 96.9 Å². The number of hydrogen-bond acceptors (Lipinski definition) is 2. The van der Waals surface area contributed by atoms with E-state index in [1.807, 2.05) is 0 Å². The molecule has 0 aliphatic carbocycles. The van der Waals surface area contributed by atoms with E-state index in [4.69, 9.17) is 2.81 Å². The predicted octanol–water partition coefficient (Wildman–Crippen LogP) is 2.22. The van der Waals surface area contributed by atoms with E-state index in [0.717, 1.165) is 6.42 Å². The molecule has 0 aromatic carbocycles. The van der Waals surface area contributed by atoms with E-state index in [2.05, 4.69) is 6.92 Å². The van der Waals surface area contributed by atoms with Crippen LogP contribution in [0.1, 0.15) is 58.3 Å². The Kier molecular flexibility index (Phi) is 10.7. The summed E-state index contributed by atoms with van der Waals surface area (Å²) in [6.45, 7) is 2.22. The second-order valence-electron chi connectivity index (χ2n) is 3.36. The standard InChI is InChI=1S/C10H20O2.Bi.2H/c1-2-3-4-5-6-7-8-9-10(11)12;;;/h2-9H2,1H3,(H,11,12);;;/q;+1;;/p-1. The SMILES string of the molecule is CCCCCCCCCC(=O)[O][BiH2]. The molecule has 0 amide bonds. The third-order valence-corrected chi connectivity index (χ3v) is 3.14. The second-order valence-corrected chi connectivity index (χ2v) is 4.28. The van der Waals surface area contributed by atoms with E-state index in [-0.39, 0.29) is 5.97 Å². The molecule has 0 spiro atoms. The molecule has 0 heterocycles. The van der Waals surface area contributed by atoms with Gasteiger partial charge in [-0.25, -0.2) is 0 Å².